The van der Waals surface area contributed by atoms with Gasteiger partial charge in [0.2, 0.25) is 5.91 Å². The molecule has 0 unspecified atom stereocenters. The molecule has 0 bridgehead atoms. The second kappa shape index (κ2) is 8.96. The van der Waals surface area contributed by atoms with E-state index in [1.54, 1.807) is 4.90 Å². The smallest absolute Gasteiger partial charge is 0.241 e. The van der Waals surface area contributed by atoms with Gasteiger partial charge in [-0.3, -0.25) is 4.79 Å². The molecule has 0 saturated carbocycles. The van der Waals surface area contributed by atoms with Gasteiger partial charge in [0.05, 0.1) is 13.2 Å². The van der Waals surface area contributed by atoms with Crippen molar-refractivity contribution in [3.8, 4) is 5.75 Å². The topological polar surface area (TPSA) is 41.6 Å². The first kappa shape index (κ1) is 17.9. The van der Waals surface area contributed by atoms with Crippen LogP contribution in [-0.2, 0) is 11.3 Å². The quantitative estimate of drug-likeness (QED) is 0.802. The highest BCUT2D eigenvalue weighted by Crippen LogP contribution is 2.18. The zero-order valence-corrected chi connectivity index (χ0v) is 14.7. The first-order valence-corrected chi connectivity index (χ1v) is 8.29. The normalized spacial score (nSPS) is 10.5. The summed E-state index contributed by atoms with van der Waals surface area (Å²) in [6.07, 6.45) is 0. The van der Waals surface area contributed by atoms with Crippen LogP contribution in [0.1, 0.15) is 19.4 Å². The van der Waals surface area contributed by atoms with Crippen LogP contribution in [0.4, 0.5) is 5.69 Å². The summed E-state index contributed by atoms with van der Waals surface area (Å²) in [7, 11) is 1.82. The van der Waals surface area contributed by atoms with Gasteiger partial charge in [-0.2, -0.15) is 0 Å². The van der Waals surface area contributed by atoms with Gasteiger partial charge in [0.15, 0.2) is 0 Å². The number of benzene rings is 2. The van der Waals surface area contributed by atoms with E-state index in [2.05, 4.69) is 19.2 Å². The Bertz CT molecular complexity index is 641. The number of nitrogens with one attached hydrogen (secondary N) is 1. The predicted molar refractivity (Wildman–Crippen MR) is 98.2 cm³/mol. The van der Waals surface area contributed by atoms with Gasteiger partial charge in [-0.1, -0.05) is 50.2 Å². The largest absolute Gasteiger partial charge is 0.493 e. The van der Waals surface area contributed by atoms with Gasteiger partial charge in [0, 0.05) is 25.3 Å². The Hall–Kier alpha value is -2.49. The maximum Gasteiger partial charge on any atom is 0.241 e. The van der Waals surface area contributed by atoms with Crippen molar-refractivity contribution in [1.82, 2.24) is 4.90 Å². The van der Waals surface area contributed by atoms with Gasteiger partial charge in [0.1, 0.15) is 5.75 Å². The van der Waals surface area contributed by atoms with E-state index in [0.717, 1.165) is 17.0 Å². The minimum Gasteiger partial charge on any atom is -0.493 e. The lowest BCUT2D eigenvalue weighted by atomic mass is 10.2. The monoisotopic (exact) mass is 326 g/mol. The van der Waals surface area contributed by atoms with E-state index < -0.39 is 0 Å². The first-order valence-electron chi connectivity index (χ1n) is 8.29. The average Bonchev–Trinajstić information content (AvgIpc) is 2.59. The van der Waals surface area contributed by atoms with Gasteiger partial charge in [-0.05, 0) is 23.6 Å². The summed E-state index contributed by atoms with van der Waals surface area (Å²) >= 11 is 0. The number of rotatable bonds is 8. The molecule has 0 aliphatic carbocycles. The Morgan fingerprint density at radius 3 is 2.58 bits per heavy atom. The molecule has 2 rings (SSSR count). The van der Waals surface area contributed by atoms with Crippen molar-refractivity contribution in [2.75, 3.05) is 25.5 Å². The molecule has 0 atom stereocenters. The fraction of sp³-hybridized carbons (Fsp3) is 0.350. The lowest BCUT2D eigenvalue weighted by molar-refractivity contribution is -0.128. The summed E-state index contributed by atoms with van der Waals surface area (Å²) in [5.41, 5.74) is 2.01. The van der Waals surface area contributed by atoms with Crippen LogP contribution in [0.15, 0.2) is 54.6 Å². The standard InChI is InChI=1S/C20H26N2O2/c1-16(2)15-24-19-11-7-10-18(12-19)21-13-20(23)22(3)14-17-8-5-4-6-9-17/h4-12,16,21H,13-15H2,1-3H3. The molecule has 24 heavy (non-hydrogen) atoms. The number of ether oxygens (including phenoxy) is 1. The number of carbonyl (C=O) groups excluding carboxylic acids is 1. The summed E-state index contributed by atoms with van der Waals surface area (Å²) in [5, 5.41) is 3.17. The summed E-state index contributed by atoms with van der Waals surface area (Å²) < 4.78 is 5.71. The van der Waals surface area contributed by atoms with Gasteiger partial charge >= 0.3 is 0 Å². The van der Waals surface area contributed by atoms with Crippen molar-refractivity contribution in [1.29, 1.82) is 0 Å². The van der Waals surface area contributed by atoms with Crippen molar-refractivity contribution in [3.05, 3.63) is 60.2 Å². The second-order valence-corrected chi connectivity index (χ2v) is 6.32. The Labute approximate surface area is 144 Å². The van der Waals surface area contributed by atoms with Crippen LogP contribution in [0, 0.1) is 5.92 Å². The molecule has 0 aromatic heterocycles. The van der Waals surface area contributed by atoms with Crippen LogP contribution in [0.3, 0.4) is 0 Å². The number of hydrogen-bond acceptors (Lipinski definition) is 3. The molecule has 2 aromatic rings. The van der Waals surface area contributed by atoms with Crippen LogP contribution in [0.5, 0.6) is 5.75 Å². The molecule has 4 heteroatoms. The van der Waals surface area contributed by atoms with Gasteiger partial charge in [0.25, 0.3) is 0 Å². The first-order chi connectivity index (χ1) is 11.5. The van der Waals surface area contributed by atoms with Crippen molar-refractivity contribution < 1.29 is 9.53 Å². The Balaban J connectivity index is 1.83. The Morgan fingerprint density at radius 2 is 1.88 bits per heavy atom. The number of amides is 1. The van der Waals surface area contributed by atoms with E-state index in [-0.39, 0.29) is 12.5 Å². The molecule has 4 nitrogen and oxygen atoms in total. The van der Waals surface area contributed by atoms with Crippen molar-refractivity contribution >= 4 is 11.6 Å². The third-order valence-corrected chi connectivity index (χ3v) is 3.55. The minimum atomic E-state index is 0.0485. The summed E-state index contributed by atoms with van der Waals surface area (Å²) in [5.74, 6) is 1.35. The van der Waals surface area contributed by atoms with Crippen LogP contribution < -0.4 is 10.1 Å². The number of nitrogens with zero attached hydrogens (tertiary/aromatic N) is 1. The van der Waals surface area contributed by atoms with Crippen LogP contribution in [-0.4, -0.2) is 31.0 Å². The highest BCUT2D eigenvalue weighted by atomic mass is 16.5. The SMILES string of the molecule is CC(C)COc1cccc(NCC(=O)N(C)Cc2ccccc2)c1. The maximum absolute atomic E-state index is 12.3. The molecule has 0 heterocycles. The van der Waals surface area contributed by atoms with E-state index >= 15 is 0 Å². The van der Waals surface area contributed by atoms with Crippen molar-refractivity contribution in [3.63, 3.8) is 0 Å². The number of carbonyl (C=O) groups is 1. The highest BCUT2D eigenvalue weighted by Gasteiger charge is 2.09. The van der Waals surface area contributed by atoms with E-state index in [4.69, 9.17) is 4.74 Å². The molecule has 0 spiro atoms. The third-order valence-electron chi connectivity index (χ3n) is 3.55. The molecule has 1 N–H and O–H groups in total. The summed E-state index contributed by atoms with van der Waals surface area (Å²) in [6, 6.07) is 17.7. The molecule has 128 valence electrons. The Kier molecular flexibility index (Phi) is 6.67. The predicted octanol–water partition coefficient (Wildman–Crippen LogP) is 3.79. The van der Waals surface area contributed by atoms with E-state index in [1.165, 1.54) is 0 Å². The molecule has 2 aromatic carbocycles. The van der Waals surface area contributed by atoms with E-state index in [0.29, 0.717) is 19.1 Å². The zero-order valence-electron chi connectivity index (χ0n) is 14.7. The minimum absolute atomic E-state index is 0.0485. The van der Waals surface area contributed by atoms with Crippen LogP contribution in [0.2, 0.25) is 0 Å². The Morgan fingerprint density at radius 1 is 1.12 bits per heavy atom. The molecular weight excluding hydrogens is 300 g/mol. The van der Waals surface area contributed by atoms with Gasteiger partial charge in [-0.15, -0.1) is 0 Å². The average molecular weight is 326 g/mol. The molecule has 1 amide bonds. The zero-order chi connectivity index (χ0) is 17.4. The molecule has 0 fully saturated rings. The lowest BCUT2D eigenvalue weighted by Gasteiger charge is -2.18. The third kappa shape index (κ3) is 5.95. The summed E-state index contributed by atoms with van der Waals surface area (Å²) in [6.45, 7) is 5.78. The molecule has 0 radical (unpaired) electrons. The number of hydrogen-bond donors (Lipinski definition) is 1. The number of likely N-dealkylation sites (N-methyl/N-ethyl adjacent to an activating group) is 1. The van der Waals surface area contributed by atoms with E-state index in [1.807, 2.05) is 61.6 Å². The van der Waals surface area contributed by atoms with Crippen LogP contribution >= 0.6 is 0 Å². The fourth-order valence-corrected chi connectivity index (χ4v) is 2.22. The maximum atomic E-state index is 12.3. The molecule has 0 aliphatic rings. The highest BCUT2D eigenvalue weighted by molar-refractivity contribution is 5.80. The molecular formula is C20H26N2O2. The molecule has 0 saturated heterocycles. The second-order valence-electron chi connectivity index (χ2n) is 6.32. The molecule has 0 aliphatic heterocycles. The van der Waals surface area contributed by atoms with Gasteiger partial charge in [-0.25, -0.2) is 0 Å². The fourth-order valence-electron chi connectivity index (χ4n) is 2.22. The number of anilines is 1. The summed E-state index contributed by atoms with van der Waals surface area (Å²) in [4.78, 5) is 14.0. The van der Waals surface area contributed by atoms with E-state index in [9.17, 15) is 4.79 Å². The van der Waals surface area contributed by atoms with Crippen molar-refractivity contribution in [2.45, 2.75) is 20.4 Å². The van der Waals surface area contributed by atoms with Crippen molar-refractivity contribution in [2.24, 2.45) is 5.92 Å². The lowest BCUT2D eigenvalue weighted by Crippen LogP contribution is -2.31. The van der Waals surface area contributed by atoms with Crippen LogP contribution in [0.25, 0.3) is 0 Å². The van der Waals surface area contributed by atoms with Gasteiger partial charge < -0.3 is 15.0 Å².